The summed E-state index contributed by atoms with van der Waals surface area (Å²) in [5.41, 5.74) is -0.356. The molecule has 0 amide bonds. The number of carbonyl (C=O) groups is 2. The van der Waals surface area contributed by atoms with Crippen LogP contribution < -0.4 is 10.2 Å². The van der Waals surface area contributed by atoms with Gasteiger partial charge >= 0.3 is 11.9 Å². The van der Waals surface area contributed by atoms with E-state index in [9.17, 15) is 19.8 Å². The van der Waals surface area contributed by atoms with Gasteiger partial charge in [-0.25, -0.2) is 9.59 Å². The summed E-state index contributed by atoms with van der Waals surface area (Å²) in [7, 11) is 0. The summed E-state index contributed by atoms with van der Waals surface area (Å²) in [6, 6.07) is 11.1. The molecule has 0 aliphatic carbocycles. The topological polar surface area (TPSA) is 121 Å². The van der Waals surface area contributed by atoms with Crippen LogP contribution in [0.1, 0.15) is 20.7 Å². The van der Waals surface area contributed by atoms with E-state index in [1.165, 1.54) is 48.5 Å². The second kappa shape index (κ2) is 8.65. The normalized spacial score (nSPS) is 8.76. The molecule has 6 nitrogen and oxygen atoms in total. The van der Waals surface area contributed by atoms with E-state index in [-0.39, 0.29) is 28.7 Å². The third-order valence-electron chi connectivity index (χ3n) is 2.23. The van der Waals surface area contributed by atoms with Crippen LogP contribution in [0.5, 0.6) is 11.5 Å². The number of rotatable bonds is 2. The second-order valence-corrected chi connectivity index (χ2v) is 3.60. The van der Waals surface area contributed by atoms with E-state index in [1.807, 2.05) is 0 Å². The molecule has 0 spiro atoms. The number of para-hydroxylation sites is 2. The Bertz CT molecular complexity index is 571. The fraction of sp³-hybridized carbons (Fsp3) is 0. The van der Waals surface area contributed by atoms with Crippen LogP contribution in [-0.4, -0.2) is 39.7 Å². The Morgan fingerprint density at radius 3 is 1.19 bits per heavy atom. The average Bonchev–Trinajstić information content (AvgIpc) is 2.40. The molecule has 0 aromatic heterocycles. The molecule has 4 radical (unpaired) electrons. The van der Waals surface area contributed by atoms with Crippen molar-refractivity contribution >= 4 is 29.5 Å². The van der Waals surface area contributed by atoms with Crippen LogP contribution in [0.3, 0.4) is 0 Å². The van der Waals surface area contributed by atoms with E-state index in [0.717, 1.165) is 0 Å². The van der Waals surface area contributed by atoms with Crippen molar-refractivity contribution < 1.29 is 30.0 Å². The molecule has 2 rings (SSSR count). The number of carboxylic acid groups (broad SMARTS) is 2. The second-order valence-electron chi connectivity index (χ2n) is 3.60. The first-order valence-electron chi connectivity index (χ1n) is 5.42. The zero-order valence-electron chi connectivity index (χ0n) is 10.6. The predicted molar refractivity (Wildman–Crippen MR) is 71.4 cm³/mol. The van der Waals surface area contributed by atoms with Crippen LogP contribution in [0.25, 0.3) is 0 Å². The van der Waals surface area contributed by atoms with Crippen molar-refractivity contribution in [2.75, 3.05) is 0 Å². The zero-order valence-corrected chi connectivity index (χ0v) is 12.7. The molecule has 0 atom stereocenters. The van der Waals surface area contributed by atoms with Crippen LogP contribution in [0.4, 0.5) is 0 Å². The summed E-state index contributed by atoms with van der Waals surface area (Å²) in [5, 5.41) is 38.1. The van der Waals surface area contributed by atoms with Gasteiger partial charge in [0, 0.05) is 17.6 Å². The van der Waals surface area contributed by atoms with Gasteiger partial charge in [0.25, 0.3) is 0 Å². The molecular formula is C14H10GeO6-2. The summed E-state index contributed by atoms with van der Waals surface area (Å²) >= 11 is 0. The first-order chi connectivity index (χ1) is 9.43. The third kappa shape index (κ3) is 5.57. The molecular weight excluding hydrogens is 337 g/mol. The van der Waals surface area contributed by atoms with Gasteiger partial charge in [-0.15, -0.1) is 0 Å². The Morgan fingerprint density at radius 2 is 1.00 bits per heavy atom. The van der Waals surface area contributed by atoms with E-state index >= 15 is 0 Å². The number of hydrogen-bond donors (Lipinski definition) is 2. The summed E-state index contributed by atoms with van der Waals surface area (Å²) in [6.45, 7) is 0. The Morgan fingerprint density at radius 1 is 0.714 bits per heavy atom. The Hall–Kier alpha value is -2.48. The Kier molecular flexibility index (Phi) is 7.63. The molecule has 0 unspecified atom stereocenters. The molecule has 2 aromatic rings. The van der Waals surface area contributed by atoms with Gasteiger partial charge in [-0.3, -0.25) is 0 Å². The largest absolute Gasteiger partial charge is 0.872 e. The van der Waals surface area contributed by atoms with Gasteiger partial charge in [-0.2, -0.15) is 0 Å². The van der Waals surface area contributed by atoms with Crippen LogP contribution in [0.15, 0.2) is 48.5 Å². The molecule has 0 aliphatic rings. The summed E-state index contributed by atoms with van der Waals surface area (Å²) < 4.78 is 0. The van der Waals surface area contributed by atoms with Gasteiger partial charge in [0.2, 0.25) is 0 Å². The monoisotopic (exact) mass is 348 g/mol. The van der Waals surface area contributed by atoms with Crippen molar-refractivity contribution in [3.05, 3.63) is 59.7 Å². The number of aromatic carboxylic acids is 2. The standard InChI is InChI=1S/2C7H6O3.Ge/c2*8-6-4-2-1-3-5(6)7(9)10;/h2*1-4,8H,(H,9,10);/p-2. The Labute approximate surface area is 131 Å². The van der Waals surface area contributed by atoms with Crippen LogP contribution in [-0.2, 0) is 0 Å². The van der Waals surface area contributed by atoms with E-state index in [4.69, 9.17) is 10.2 Å². The molecule has 0 saturated carbocycles. The molecule has 0 fully saturated rings. The fourth-order valence-corrected chi connectivity index (χ4v) is 1.29. The maximum atomic E-state index is 10.7. The van der Waals surface area contributed by atoms with Crippen LogP contribution in [0, 0.1) is 0 Å². The van der Waals surface area contributed by atoms with Crippen LogP contribution in [0.2, 0.25) is 0 Å². The van der Waals surface area contributed by atoms with Crippen molar-refractivity contribution in [1.29, 1.82) is 0 Å². The van der Waals surface area contributed by atoms with E-state index < -0.39 is 23.4 Å². The minimum Gasteiger partial charge on any atom is -0.872 e. The number of hydrogen-bond acceptors (Lipinski definition) is 4. The van der Waals surface area contributed by atoms with Crippen LogP contribution >= 0.6 is 0 Å². The smallest absolute Gasteiger partial charge is 0.335 e. The number of benzene rings is 2. The molecule has 0 saturated heterocycles. The Balaban J connectivity index is 0.000000364. The molecule has 21 heavy (non-hydrogen) atoms. The van der Waals surface area contributed by atoms with Crippen molar-refractivity contribution in [3.8, 4) is 11.5 Å². The molecule has 0 heterocycles. The zero-order chi connectivity index (χ0) is 15.1. The molecule has 2 N–H and O–H groups in total. The van der Waals surface area contributed by atoms with E-state index in [2.05, 4.69) is 0 Å². The predicted octanol–water partition coefficient (Wildman–Crippen LogP) is 0.536. The molecule has 7 heteroatoms. The average molecular weight is 347 g/mol. The quantitative estimate of drug-likeness (QED) is 0.765. The third-order valence-corrected chi connectivity index (χ3v) is 2.23. The molecule has 2 aromatic carbocycles. The molecule has 0 aliphatic heterocycles. The summed E-state index contributed by atoms with van der Waals surface area (Å²) in [6.07, 6.45) is 0. The first kappa shape index (κ1) is 18.5. The van der Waals surface area contributed by atoms with Gasteiger partial charge in [0.1, 0.15) is 0 Å². The van der Waals surface area contributed by atoms with Gasteiger partial charge in [-0.1, -0.05) is 47.9 Å². The maximum Gasteiger partial charge on any atom is 0.335 e. The SMILES string of the molecule is O=C(O)c1ccccc1[O-].O=C(O)c1ccccc1[O-].[Ge]. The van der Waals surface area contributed by atoms with Crippen molar-refractivity contribution in [1.82, 2.24) is 0 Å². The van der Waals surface area contributed by atoms with Gasteiger partial charge in [-0.05, 0) is 12.1 Å². The molecule has 108 valence electrons. The minimum atomic E-state index is -1.18. The summed E-state index contributed by atoms with van der Waals surface area (Å²) in [5.74, 6) is -3.25. The summed E-state index contributed by atoms with van der Waals surface area (Å²) in [4.78, 5) is 20.4. The van der Waals surface area contributed by atoms with Crippen molar-refractivity contribution in [3.63, 3.8) is 0 Å². The first-order valence-corrected chi connectivity index (χ1v) is 5.42. The van der Waals surface area contributed by atoms with Gasteiger partial charge in [0.05, 0.1) is 11.1 Å². The van der Waals surface area contributed by atoms with Crippen molar-refractivity contribution in [2.45, 2.75) is 0 Å². The number of carboxylic acids is 2. The van der Waals surface area contributed by atoms with E-state index in [0.29, 0.717) is 0 Å². The van der Waals surface area contributed by atoms with Gasteiger partial charge in [0.15, 0.2) is 0 Å². The fourth-order valence-electron chi connectivity index (χ4n) is 1.29. The van der Waals surface area contributed by atoms with Gasteiger partial charge < -0.3 is 20.4 Å². The van der Waals surface area contributed by atoms with E-state index in [1.54, 1.807) is 0 Å². The maximum absolute atomic E-state index is 10.7. The molecule has 0 bridgehead atoms. The van der Waals surface area contributed by atoms with Crippen molar-refractivity contribution in [2.24, 2.45) is 0 Å². The minimum absolute atomic E-state index is 0.